The predicted molar refractivity (Wildman–Crippen MR) is 121 cm³/mol. The summed E-state index contributed by atoms with van der Waals surface area (Å²) in [5.41, 5.74) is 0.424. The summed E-state index contributed by atoms with van der Waals surface area (Å²) < 4.78 is 14.0. The number of oxime groups is 1. The van der Waals surface area contributed by atoms with E-state index in [1.165, 1.54) is 12.7 Å². The van der Waals surface area contributed by atoms with Crippen LogP contribution in [0.4, 0.5) is 0 Å². The van der Waals surface area contributed by atoms with Crippen molar-refractivity contribution < 1.29 is 14.3 Å². The van der Waals surface area contributed by atoms with Gasteiger partial charge in [-0.2, -0.15) is 5.10 Å². The lowest BCUT2D eigenvalue weighted by atomic mass is 9.69. The van der Waals surface area contributed by atoms with Crippen LogP contribution in [-0.2, 0) is 16.1 Å². The Labute approximate surface area is 192 Å². The van der Waals surface area contributed by atoms with Crippen LogP contribution in [-0.4, -0.2) is 38.8 Å². The summed E-state index contributed by atoms with van der Waals surface area (Å²) in [4.78, 5) is 10.3. The minimum absolute atomic E-state index is 0.478. The van der Waals surface area contributed by atoms with Crippen LogP contribution in [0.1, 0.15) is 37.7 Å². The third kappa shape index (κ3) is 3.65. The number of ether oxygens (including phenoxy) is 2. The van der Waals surface area contributed by atoms with E-state index < -0.39 is 11.2 Å². The molecule has 0 radical (unpaired) electrons. The zero-order valence-electron chi connectivity index (χ0n) is 17.9. The van der Waals surface area contributed by atoms with Gasteiger partial charge in [0.15, 0.2) is 11.2 Å². The highest BCUT2D eigenvalue weighted by Crippen LogP contribution is 2.48. The Morgan fingerprint density at radius 3 is 2.31 bits per heavy atom. The third-order valence-electron chi connectivity index (χ3n) is 6.47. The molecule has 166 valence electrons. The molecule has 1 aliphatic carbocycles. The van der Waals surface area contributed by atoms with Gasteiger partial charge >= 0.3 is 0 Å². The van der Waals surface area contributed by atoms with E-state index in [2.05, 4.69) is 15.2 Å². The minimum atomic E-state index is -0.764. The molecule has 0 unspecified atom stereocenters. The molecule has 1 aliphatic heterocycles. The summed E-state index contributed by atoms with van der Waals surface area (Å²) in [6.45, 7) is 0.478. The van der Waals surface area contributed by atoms with Crippen molar-refractivity contribution in [3.8, 4) is 11.5 Å². The standard InChI is InChI=1S/C24H25ClN4O3/c1-30-24(15-29-17-26-16-27-29)22(28-32-23(24)13-3-2-4-14-23)18-5-9-20(10-6-18)31-21-11-7-19(25)8-12-21/h5-12,16-17H,2-4,13-15H2,1H3/t24-/m0/s1. The average molecular weight is 453 g/mol. The fourth-order valence-electron chi connectivity index (χ4n) is 4.83. The van der Waals surface area contributed by atoms with Gasteiger partial charge in [-0.15, -0.1) is 0 Å². The van der Waals surface area contributed by atoms with Crippen LogP contribution in [0, 0.1) is 0 Å². The van der Waals surface area contributed by atoms with Crippen molar-refractivity contribution in [3.63, 3.8) is 0 Å². The molecule has 0 saturated heterocycles. The largest absolute Gasteiger partial charge is 0.457 e. The topological polar surface area (TPSA) is 70.8 Å². The van der Waals surface area contributed by atoms with Crippen LogP contribution < -0.4 is 4.74 Å². The highest BCUT2D eigenvalue weighted by molar-refractivity contribution is 6.30. The highest BCUT2D eigenvalue weighted by atomic mass is 35.5. The van der Waals surface area contributed by atoms with Crippen LogP contribution in [0.2, 0.25) is 5.02 Å². The molecule has 5 rings (SSSR count). The molecule has 1 spiro atoms. The van der Waals surface area contributed by atoms with E-state index in [0.717, 1.165) is 48.5 Å². The molecule has 1 saturated carbocycles. The van der Waals surface area contributed by atoms with Crippen molar-refractivity contribution in [2.45, 2.75) is 49.9 Å². The van der Waals surface area contributed by atoms with Gasteiger partial charge in [-0.1, -0.05) is 23.2 Å². The van der Waals surface area contributed by atoms with Crippen molar-refractivity contribution in [1.82, 2.24) is 14.8 Å². The summed E-state index contributed by atoms with van der Waals surface area (Å²) in [6.07, 6.45) is 8.38. The van der Waals surface area contributed by atoms with Gasteiger partial charge in [0.2, 0.25) is 0 Å². The average Bonchev–Trinajstić information content (AvgIpc) is 3.44. The fourth-order valence-corrected chi connectivity index (χ4v) is 4.95. The van der Waals surface area contributed by atoms with Gasteiger partial charge in [0, 0.05) is 17.7 Å². The van der Waals surface area contributed by atoms with Crippen molar-refractivity contribution in [3.05, 3.63) is 71.8 Å². The smallest absolute Gasteiger partial charge is 0.175 e. The lowest BCUT2D eigenvalue weighted by Gasteiger charge is -2.44. The van der Waals surface area contributed by atoms with E-state index in [9.17, 15) is 0 Å². The predicted octanol–water partition coefficient (Wildman–Crippen LogP) is 5.25. The van der Waals surface area contributed by atoms with E-state index in [0.29, 0.717) is 11.6 Å². The zero-order valence-corrected chi connectivity index (χ0v) is 18.7. The summed E-state index contributed by atoms with van der Waals surface area (Å²) in [6, 6.07) is 15.1. The van der Waals surface area contributed by atoms with Gasteiger partial charge in [-0.3, -0.25) is 0 Å². The minimum Gasteiger partial charge on any atom is -0.457 e. The maximum absolute atomic E-state index is 6.28. The molecule has 2 aliphatic rings. The second-order valence-electron chi connectivity index (χ2n) is 8.29. The van der Waals surface area contributed by atoms with E-state index in [1.54, 1.807) is 30.3 Å². The second-order valence-corrected chi connectivity index (χ2v) is 8.73. The van der Waals surface area contributed by atoms with Crippen LogP contribution in [0.25, 0.3) is 0 Å². The molecule has 32 heavy (non-hydrogen) atoms. The van der Waals surface area contributed by atoms with Gasteiger partial charge in [-0.05, 0) is 74.2 Å². The number of aromatic nitrogens is 3. The summed E-state index contributed by atoms with van der Waals surface area (Å²) >= 11 is 5.96. The molecular formula is C24H25ClN4O3. The van der Waals surface area contributed by atoms with Crippen LogP contribution in [0.15, 0.2) is 66.3 Å². The van der Waals surface area contributed by atoms with E-state index in [1.807, 2.05) is 36.4 Å². The number of halogens is 1. The Morgan fingerprint density at radius 1 is 1.00 bits per heavy atom. The normalized spacial score (nSPS) is 21.9. The molecule has 2 heterocycles. The molecule has 2 aromatic carbocycles. The lowest BCUT2D eigenvalue weighted by molar-refractivity contribution is -0.164. The monoisotopic (exact) mass is 452 g/mol. The highest BCUT2D eigenvalue weighted by Gasteiger charge is 2.62. The van der Waals surface area contributed by atoms with E-state index in [-0.39, 0.29) is 0 Å². The van der Waals surface area contributed by atoms with Crippen LogP contribution in [0.5, 0.6) is 11.5 Å². The first-order chi connectivity index (χ1) is 15.6. The van der Waals surface area contributed by atoms with Crippen molar-refractivity contribution in [2.75, 3.05) is 7.11 Å². The van der Waals surface area contributed by atoms with Crippen LogP contribution in [0.3, 0.4) is 0 Å². The fraction of sp³-hybridized carbons (Fsp3) is 0.375. The number of benzene rings is 2. The first-order valence-electron chi connectivity index (χ1n) is 10.8. The molecular weight excluding hydrogens is 428 g/mol. The molecule has 7 nitrogen and oxygen atoms in total. The molecule has 3 aromatic rings. The quantitative estimate of drug-likeness (QED) is 0.511. The number of hydrogen-bond acceptors (Lipinski definition) is 6. The maximum Gasteiger partial charge on any atom is 0.175 e. The van der Waals surface area contributed by atoms with Gasteiger partial charge in [0.1, 0.15) is 29.9 Å². The van der Waals surface area contributed by atoms with E-state index in [4.69, 9.17) is 25.9 Å². The number of methoxy groups -OCH3 is 1. The Balaban J connectivity index is 1.46. The number of rotatable bonds is 6. The van der Waals surface area contributed by atoms with Gasteiger partial charge in [0.25, 0.3) is 0 Å². The van der Waals surface area contributed by atoms with Crippen molar-refractivity contribution in [2.24, 2.45) is 5.16 Å². The Morgan fingerprint density at radius 2 is 1.69 bits per heavy atom. The van der Waals surface area contributed by atoms with Crippen LogP contribution >= 0.6 is 11.6 Å². The Kier molecular flexibility index (Phi) is 5.61. The number of hydrogen-bond donors (Lipinski definition) is 0. The molecule has 1 aromatic heterocycles. The molecule has 0 amide bonds. The van der Waals surface area contributed by atoms with Crippen molar-refractivity contribution in [1.29, 1.82) is 0 Å². The summed E-state index contributed by atoms with van der Waals surface area (Å²) in [5, 5.41) is 9.59. The molecule has 1 atom stereocenters. The molecule has 1 fully saturated rings. The first-order valence-corrected chi connectivity index (χ1v) is 11.2. The Bertz CT molecular complexity index is 1080. The molecule has 0 N–H and O–H groups in total. The van der Waals surface area contributed by atoms with Gasteiger partial charge in [-0.25, -0.2) is 9.67 Å². The molecule has 0 bridgehead atoms. The maximum atomic E-state index is 6.28. The zero-order chi connectivity index (χ0) is 22.0. The third-order valence-corrected chi connectivity index (χ3v) is 6.72. The van der Waals surface area contributed by atoms with E-state index >= 15 is 0 Å². The van der Waals surface area contributed by atoms with Crippen molar-refractivity contribution >= 4 is 17.3 Å². The van der Waals surface area contributed by atoms with Gasteiger partial charge in [0.05, 0.1) is 6.54 Å². The summed E-state index contributed by atoms with van der Waals surface area (Å²) in [7, 11) is 1.73. The molecule has 8 heteroatoms. The second kappa shape index (κ2) is 8.56. The Hall–Kier alpha value is -2.90. The summed E-state index contributed by atoms with van der Waals surface area (Å²) in [5.74, 6) is 1.45. The van der Waals surface area contributed by atoms with Gasteiger partial charge < -0.3 is 14.3 Å². The number of nitrogens with zero attached hydrogens (tertiary/aromatic N) is 4. The lowest BCUT2D eigenvalue weighted by Crippen LogP contribution is -2.61. The first kappa shape index (κ1) is 21.0. The SMILES string of the molecule is CO[C@@]1(Cn2cncn2)C(c2ccc(Oc3ccc(Cl)cc3)cc2)=NOC12CCCCC2.